The lowest BCUT2D eigenvalue weighted by molar-refractivity contribution is 0.153. The third-order valence-electron chi connectivity index (χ3n) is 3.08. The van der Waals surface area contributed by atoms with Crippen molar-refractivity contribution in [3.8, 4) is 5.88 Å². The molecule has 1 amide bonds. The van der Waals surface area contributed by atoms with E-state index in [9.17, 15) is 4.79 Å². The number of nitrogens with one attached hydrogen (secondary N) is 1. The molecule has 0 saturated carbocycles. The van der Waals surface area contributed by atoms with Gasteiger partial charge in [-0.05, 0) is 41.8 Å². The van der Waals surface area contributed by atoms with E-state index < -0.39 is 11.6 Å². The normalized spacial score (nSPS) is 12.8. The van der Waals surface area contributed by atoms with Gasteiger partial charge in [-0.2, -0.15) is 0 Å². The number of pyridine rings is 1. The van der Waals surface area contributed by atoms with Gasteiger partial charge in [-0.25, -0.2) is 9.78 Å². The van der Waals surface area contributed by atoms with Crippen molar-refractivity contribution in [3.05, 3.63) is 22.3 Å². The Balaban J connectivity index is 3.03. The fourth-order valence-corrected chi connectivity index (χ4v) is 2.82. The van der Waals surface area contributed by atoms with Crippen LogP contribution in [0.15, 0.2) is 16.7 Å². The quantitative estimate of drug-likeness (QED) is 0.780. The van der Waals surface area contributed by atoms with Crippen LogP contribution in [0.1, 0.15) is 31.7 Å². The second-order valence-corrected chi connectivity index (χ2v) is 6.27. The molecule has 1 aromatic rings. The first-order valence-corrected chi connectivity index (χ1v) is 7.28. The van der Waals surface area contributed by atoms with Crippen LogP contribution < -0.4 is 10.1 Å². The van der Waals surface area contributed by atoms with E-state index in [-0.39, 0.29) is 5.92 Å². The molecule has 0 spiro atoms. The first-order chi connectivity index (χ1) is 9.79. The number of halogens is 1. The fourth-order valence-electron chi connectivity index (χ4n) is 2.27. The van der Waals surface area contributed by atoms with Crippen molar-refractivity contribution in [2.24, 2.45) is 0 Å². The van der Waals surface area contributed by atoms with E-state index in [4.69, 9.17) is 14.6 Å². The van der Waals surface area contributed by atoms with Crippen LogP contribution in [0.4, 0.5) is 4.79 Å². The molecule has 1 aromatic heterocycles. The van der Waals surface area contributed by atoms with Crippen LogP contribution in [0.2, 0.25) is 0 Å². The maximum Gasteiger partial charge on any atom is 0.405 e. The highest BCUT2D eigenvalue weighted by molar-refractivity contribution is 9.10. The van der Waals surface area contributed by atoms with E-state index in [1.54, 1.807) is 20.4 Å². The van der Waals surface area contributed by atoms with Crippen LogP contribution in [0.3, 0.4) is 0 Å². The summed E-state index contributed by atoms with van der Waals surface area (Å²) in [6.45, 7) is 4.16. The zero-order valence-corrected chi connectivity index (χ0v) is 14.2. The fraction of sp³-hybridized carbons (Fsp3) is 0.571. The number of hydrogen-bond acceptors (Lipinski definition) is 4. The minimum absolute atomic E-state index is 0.00289. The minimum Gasteiger partial charge on any atom is -0.481 e. The number of carboxylic acid groups (broad SMARTS) is 1. The zero-order chi connectivity index (χ0) is 16.0. The molecule has 1 atom stereocenters. The highest BCUT2D eigenvalue weighted by atomic mass is 79.9. The Labute approximate surface area is 133 Å². The smallest absolute Gasteiger partial charge is 0.405 e. The molecule has 21 heavy (non-hydrogen) atoms. The predicted octanol–water partition coefficient (Wildman–Crippen LogP) is 3.02. The Morgan fingerprint density at radius 3 is 2.71 bits per heavy atom. The number of ether oxygens (including phenoxy) is 2. The lowest BCUT2D eigenvalue weighted by Gasteiger charge is -2.30. The number of methoxy groups -OCH3 is 2. The highest BCUT2D eigenvalue weighted by Crippen LogP contribution is 2.33. The van der Waals surface area contributed by atoms with Crippen molar-refractivity contribution in [2.75, 3.05) is 20.8 Å². The Kier molecular flexibility index (Phi) is 6.42. The predicted molar refractivity (Wildman–Crippen MR) is 83.0 cm³/mol. The molecule has 0 aromatic carbocycles. The van der Waals surface area contributed by atoms with Gasteiger partial charge in [-0.15, -0.1) is 0 Å². The molecule has 0 radical (unpaired) electrons. The summed E-state index contributed by atoms with van der Waals surface area (Å²) in [7, 11) is 3.18. The SMILES string of the molecule is COCC(CC(C)(C)NC(=O)O)c1cc(OC)ncc1Br. The highest BCUT2D eigenvalue weighted by Gasteiger charge is 2.27. The van der Waals surface area contributed by atoms with Gasteiger partial charge in [0, 0.05) is 35.3 Å². The Bertz CT molecular complexity index is 494. The molecule has 0 aliphatic heterocycles. The maximum atomic E-state index is 10.9. The molecular weight excluding hydrogens is 340 g/mol. The summed E-state index contributed by atoms with van der Waals surface area (Å²) < 4.78 is 11.3. The van der Waals surface area contributed by atoms with Crippen molar-refractivity contribution >= 4 is 22.0 Å². The third-order valence-corrected chi connectivity index (χ3v) is 3.74. The number of rotatable bonds is 7. The van der Waals surface area contributed by atoms with E-state index in [1.807, 2.05) is 19.9 Å². The van der Waals surface area contributed by atoms with E-state index in [2.05, 4.69) is 26.2 Å². The molecule has 2 N–H and O–H groups in total. The van der Waals surface area contributed by atoms with Gasteiger partial charge in [0.25, 0.3) is 0 Å². The molecule has 0 aliphatic carbocycles. The monoisotopic (exact) mass is 360 g/mol. The van der Waals surface area contributed by atoms with E-state index >= 15 is 0 Å². The summed E-state index contributed by atoms with van der Waals surface area (Å²) in [5.41, 5.74) is 0.397. The minimum atomic E-state index is -1.04. The van der Waals surface area contributed by atoms with Crippen molar-refractivity contribution in [3.63, 3.8) is 0 Å². The van der Waals surface area contributed by atoms with Crippen molar-refractivity contribution in [1.29, 1.82) is 0 Å². The average Bonchev–Trinajstić information content (AvgIpc) is 2.37. The second-order valence-electron chi connectivity index (χ2n) is 5.42. The first kappa shape index (κ1) is 17.7. The molecule has 1 rings (SSSR count). The van der Waals surface area contributed by atoms with Crippen LogP contribution in [-0.4, -0.2) is 42.5 Å². The summed E-state index contributed by atoms with van der Waals surface area (Å²) in [6, 6.07) is 1.84. The molecule has 1 heterocycles. The van der Waals surface area contributed by atoms with Crippen LogP contribution in [0.25, 0.3) is 0 Å². The summed E-state index contributed by atoms with van der Waals surface area (Å²) in [5.74, 6) is 0.515. The van der Waals surface area contributed by atoms with Gasteiger partial charge >= 0.3 is 6.09 Å². The molecule has 7 heteroatoms. The molecule has 0 bridgehead atoms. The Morgan fingerprint density at radius 1 is 1.52 bits per heavy atom. The Morgan fingerprint density at radius 2 is 2.19 bits per heavy atom. The maximum absolute atomic E-state index is 10.9. The van der Waals surface area contributed by atoms with Gasteiger partial charge in [0.2, 0.25) is 5.88 Å². The van der Waals surface area contributed by atoms with Crippen molar-refractivity contribution in [1.82, 2.24) is 10.3 Å². The standard InChI is InChI=1S/C14H21BrN2O4/c1-14(2,17-13(18)19)6-9(8-20-3)10-5-12(21-4)16-7-11(10)15/h5,7,9,17H,6,8H2,1-4H3,(H,18,19). The molecule has 0 saturated heterocycles. The Hall–Kier alpha value is -1.34. The van der Waals surface area contributed by atoms with E-state index in [0.29, 0.717) is 18.9 Å². The summed E-state index contributed by atoms with van der Waals surface area (Å²) in [6.07, 6.45) is 1.22. The number of aromatic nitrogens is 1. The molecular formula is C14H21BrN2O4. The van der Waals surface area contributed by atoms with Gasteiger partial charge in [-0.3, -0.25) is 0 Å². The van der Waals surface area contributed by atoms with E-state index in [1.165, 1.54) is 0 Å². The number of nitrogens with zero attached hydrogens (tertiary/aromatic N) is 1. The van der Waals surface area contributed by atoms with Gasteiger partial charge < -0.3 is 19.9 Å². The lowest BCUT2D eigenvalue weighted by Crippen LogP contribution is -2.44. The molecule has 0 fully saturated rings. The van der Waals surface area contributed by atoms with Crippen molar-refractivity contribution in [2.45, 2.75) is 31.7 Å². The van der Waals surface area contributed by atoms with Gasteiger partial charge in [0.15, 0.2) is 0 Å². The summed E-state index contributed by atoms with van der Waals surface area (Å²) >= 11 is 3.48. The number of amides is 1. The third kappa shape index (κ3) is 5.51. The summed E-state index contributed by atoms with van der Waals surface area (Å²) in [5, 5.41) is 11.4. The van der Waals surface area contributed by atoms with E-state index in [0.717, 1.165) is 10.0 Å². The molecule has 118 valence electrons. The molecule has 1 unspecified atom stereocenters. The zero-order valence-electron chi connectivity index (χ0n) is 12.6. The summed E-state index contributed by atoms with van der Waals surface area (Å²) in [4.78, 5) is 15.0. The van der Waals surface area contributed by atoms with Crippen LogP contribution in [-0.2, 0) is 4.74 Å². The average molecular weight is 361 g/mol. The molecule has 6 nitrogen and oxygen atoms in total. The van der Waals surface area contributed by atoms with Gasteiger partial charge in [0.05, 0.1) is 13.7 Å². The van der Waals surface area contributed by atoms with Crippen LogP contribution in [0, 0.1) is 0 Å². The van der Waals surface area contributed by atoms with Gasteiger partial charge in [0.1, 0.15) is 0 Å². The van der Waals surface area contributed by atoms with Crippen molar-refractivity contribution < 1.29 is 19.4 Å². The largest absolute Gasteiger partial charge is 0.481 e. The topological polar surface area (TPSA) is 80.7 Å². The lowest BCUT2D eigenvalue weighted by atomic mass is 9.86. The van der Waals surface area contributed by atoms with Gasteiger partial charge in [-0.1, -0.05) is 0 Å². The van der Waals surface area contributed by atoms with Crippen LogP contribution in [0.5, 0.6) is 5.88 Å². The number of hydrogen-bond donors (Lipinski definition) is 2. The number of carbonyl (C=O) groups is 1. The first-order valence-electron chi connectivity index (χ1n) is 6.48. The van der Waals surface area contributed by atoms with Crippen LogP contribution >= 0.6 is 15.9 Å². The second kappa shape index (κ2) is 7.61. The molecule has 0 aliphatic rings.